The van der Waals surface area contributed by atoms with E-state index in [0.29, 0.717) is 12.1 Å². The summed E-state index contributed by atoms with van der Waals surface area (Å²) in [4.78, 5) is 2.36. The van der Waals surface area contributed by atoms with Crippen molar-refractivity contribution in [1.82, 2.24) is 10.2 Å². The summed E-state index contributed by atoms with van der Waals surface area (Å²) in [5.74, 6) is 0. The molecule has 0 amide bonds. The van der Waals surface area contributed by atoms with Crippen molar-refractivity contribution < 1.29 is 4.74 Å². The smallest absolute Gasteiger partial charge is 0.0855 e. The van der Waals surface area contributed by atoms with Crippen LogP contribution in [0.5, 0.6) is 0 Å². The number of nitrogens with one attached hydrogen (secondary N) is 1. The molecular formula is C14H28N2O. The van der Waals surface area contributed by atoms with Gasteiger partial charge >= 0.3 is 0 Å². The second-order valence-electron chi connectivity index (χ2n) is 4.95. The molecule has 1 aliphatic heterocycles. The van der Waals surface area contributed by atoms with Crippen LogP contribution in [0.25, 0.3) is 0 Å². The van der Waals surface area contributed by atoms with Crippen molar-refractivity contribution in [2.45, 2.75) is 44.8 Å². The van der Waals surface area contributed by atoms with E-state index in [0.717, 1.165) is 32.7 Å². The quantitative estimate of drug-likeness (QED) is 0.519. The lowest BCUT2D eigenvalue weighted by Crippen LogP contribution is -2.51. The average molecular weight is 240 g/mol. The number of hydrogen-bond acceptors (Lipinski definition) is 3. The molecule has 0 radical (unpaired) electrons. The van der Waals surface area contributed by atoms with Crippen LogP contribution in [0.3, 0.4) is 0 Å². The van der Waals surface area contributed by atoms with Gasteiger partial charge in [-0.05, 0) is 39.3 Å². The summed E-state index contributed by atoms with van der Waals surface area (Å²) in [6, 6.07) is 0.498. The van der Waals surface area contributed by atoms with E-state index < -0.39 is 0 Å². The summed E-state index contributed by atoms with van der Waals surface area (Å²) in [5, 5.41) is 3.63. The summed E-state index contributed by atoms with van der Waals surface area (Å²) in [6.07, 6.45) is 7.03. The lowest BCUT2D eigenvalue weighted by molar-refractivity contribution is -0.0400. The first-order valence-corrected chi connectivity index (χ1v) is 6.92. The zero-order chi connectivity index (χ0) is 12.5. The number of unbranched alkanes of at least 4 members (excludes halogenated alkanes) is 1. The van der Waals surface area contributed by atoms with Crippen molar-refractivity contribution in [3.05, 3.63) is 12.7 Å². The molecule has 100 valence electrons. The fraction of sp³-hybridized carbons (Fsp3) is 0.857. The van der Waals surface area contributed by atoms with Gasteiger partial charge in [0.15, 0.2) is 0 Å². The molecule has 1 rings (SSSR count). The highest BCUT2D eigenvalue weighted by Crippen LogP contribution is 2.13. The first-order chi connectivity index (χ1) is 8.27. The third kappa shape index (κ3) is 5.66. The molecule has 2 unspecified atom stereocenters. The Morgan fingerprint density at radius 2 is 2.41 bits per heavy atom. The van der Waals surface area contributed by atoms with Gasteiger partial charge in [0, 0.05) is 19.1 Å². The summed E-state index contributed by atoms with van der Waals surface area (Å²) in [6.45, 7) is 10.1. The number of hydrogen-bond donors (Lipinski definition) is 1. The first-order valence-electron chi connectivity index (χ1n) is 6.92. The molecule has 17 heavy (non-hydrogen) atoms. The zero-order valence-corrected chi connectivity index (χ0v) is 11.5. The topological polar surface area (TPSA) is 24.5 Å². The monoisotopic (exact) mass is 240 g/mol. The van der Waals surface area contributed by atoms with Gasteiger partial charge in [-0.2, -0.15) is 0 Å². The minimum Gasteiger partial charge on any atom is -0.374 e. The normalized spacial score (nSPS) is 23.5. The second kappa shape index (κ2) is 8.67. The van der Waals surface area contributed by atoms with Gasteiger partial charge in [0.1, 0.15) is 0 Å². The van der Waals surface area contributed by atoms with Crippen LogP contribution < -0.4 is 5.32 Å². The van der Waals surface area contributed by atoms with Crippen LogP contribution in [0.15, 0.2) is 12.7 Å². The van der Waals surface area contributed by atoms with Gasteiger partial charge < -0.3 is 15.0 Å². The summed E-state index contributed by atoms with van der Waals surface area (Å²) in [7, 11) is 2.18. The molecule has 3 heteroatoms. The number of rotatable bonds is 8. The molecule has 1 aliphatic rings. The van der Waals surface area contributed by atoms with Crippen LogP contribution in [0, 0.1) is 0 Å². The standard InChI is InChI=1S/C14H28N2O/c1-4-6-7-8-13(15-9-5-2)14-12-16(3)10-11-17-14/h4,13-15H,1,5-12H2,2-3H3. The molecule has 1 heterocycles. The highest BCUT2D eigenvalue weighted by atomic mass is 16.5. The van der Waals surface area contributed by atoms with Crippen LogP contribution >= 0.6 is 0 Å². The Hall–Kier alpha value is -0.380. The molecule has 2 atom stereocenters. The molecule has 0 saturated carbocycles. The van der Waals surface area contributed by atoms with Gasteiger partial charge in [-0.15, -0.1) is 6.58 Å². The van der Waals surface area contributed by atoms with Crippen LogP contribution in [-0.2, 0) is 4.74 Å². The molecular weight excluding hydrogens is 212 g/mol. The molecule has 0 spiro atoms. The predicted molar refractivity (Wildman–Crippen MR) is 73.4 cm³/mol. The van der Waals surface area contributed by atoms with Crippen LogP contribution in [0.2, 0.25) is 0 Å². The van der Waals surface area contributed by atoms with E-state index in [1.54, 1.807) is 0 Å². The minimum absolute atomic E-state index is 0.352. The summed E-state index contributed by atoms with van der Waals surface area (Å²) < 4.78 is 5.91. The number of likely N-dealkylation sites (N-methyl/N-ethyl adjacent to an activating group) is 1. The van der Waals surface area contributed by atoms with Crippen LogP contribution in [-0.4, -0.2) is 50.3 Å². The fourth-order valence-electron chi connectivity index (χ4n) is 2.29. The van der Waals surface area contributed by atoms with E-state index in [1.807, 2.05) is 6.08 Å². The molecule has 0 aliphatic carbocycles. The van der Waals surface area contributed by atoms with Gasteiger partial charge in [-0.3, -0.25) is 0 Å². The number of nitrogens with zero attached hydrogens (tertiary/aromatic N) is 1. The molecule has 0 bridgehead atoms. The van der Waals surface area contributed by atoms with Gasteiger partial charge in [0.25, 0.3) is 0 Å². The van der Waals surface area contributed by atoms with Crippen molar-refractivity contribution in [1.29, 1.82) is 0 Å². The Labute approximate surface area is 106 Å². The van der Waals surface area contributed by atoms with Crippen LogP contribution in [0.4, 0.5) is 0 Å². The Morgan fingerprint density at radius 1 is 1.59 bits per heavy atom. The van der Waals surface area contributed by atoms with Gasteiger partial charge in [-0.25, -0.2) is 0 Å². The van der Waals surface area contributed by atoms with Gasteiger partial charge in [0.2, 0.25) is 0 Å². The molecule has 1 N–H and O–H groups in total. The van der Waals surface area contributed by atoms with E-state index in [9.17, 15) is 0 Å². The van der Waals surface area contributed by atoms with E-state index in [1.165, 1.54) is 19.3 Å². The van der Waals surface area contributed by atoms with Gasteiger partial charge in [-0.1, -0.05) is 13.0 Å². The number of ether oxygens (including phenoxy) is 1. The molecule has 0 aromatic carbocycles. The number of allylic oxidation sites excluding steroid dienone is 1. The van der Waals surface area contributed by atoms with E-state index >= 15 is 0 Å². The third-order valence-electron chi connectivity index (χ3n) is 3.33. The highest BCUT2D eigenvalue weighted by molar-refractivity contribution is 4.83. The summed E-state index contributed by atoms with van der Waals surface area (Å²) in [5.41, 5.74) is 0. The largest absolute Gasteiger partial charge is 0.374 e. The first kappa shape index (κ1) is 14.7. The third-order valence-corrected chi connectivity index (χ3v) is 3.33. The Kier molecular flexibility index (Phi) is 7.49. The van der Waals surface area contributed by atoms with Crippen molar-refractivity contribution >= 4 is 0 Å². The number of morpholine rings is 1. The lowest BCUT2D eigenvalue weighted by Gasteiger charge is -2.35. The highest BCUT2D eigenvalue weighted by Gasteiger charge is 2.25. The predicted octanol–water partition coefficient (Wildman–Crippen LogP) is 2.04. The molecule has 3 nitrogen and oxygen atoms in total. The molecule has 1 saturated heterocycles. The maximum absolute atomic E-state index is 5.91. The summed E-state index contributed by atoms with van der Waals surface area (Å²) >= 11 is 0. The SMILES string of the molecule is C=CCCCC(NCCC)C1CN(C)CCO1. The zero-order valence-electron chi connectivity index (χ0n) is 11.5. The maximum Gasteiger partial charge on any atom is 0.0855 e. The lowest BCUT2D eigenvalue weighted by atomic mass is 10.0. The van der Waals surface area contributed by atoms with Crippen molar-refractivity contribution in [3.63, 3.8) is 0 Å². The maximum atomic E-state index is 5.91. The van der Waals surface area contributed by atoms with Crippen LogP contribution in [0.1, 0.15) is 32.6 Å². The average Bonchev–Trinajstić information content (AvgIpc) is 2.33. The Morgan fingerprint density at radius 3 is 3.06 bits per heavy atom. The van der Waals surface area contributed by atoms with Crippen molar-refractivity contribution in [2.75, 3.05) is 33.3 Å². The molecule has 0 aromatic rings. The van der Waals surface area contributed by atoms with Gasteiger partial charge in [0.05, 0.1) is 12.7 Å². The van der Waals surface area contributed by atoms with Crippen molar-refractivity contribution in [3.8, 4) is 0 Å². The fourth-order valence-corrected chi connectivity index (χ4v) is 2.29. The minimum atomic E-state index is 0.352. The van der Waals surface area contributed by atoms with E-state index in [2.05, 4.69) is 30.8 Å². The van der Waals surface area contributed by atoms with E-state index in [4.69, 9.17) is 4.74 Å². The Bertz CT molecular complexity index is 208. The molecule has 0 aromatic heterocycles. The van der Waals surface area contributed by atoms with E-state index in [-0.39, 0.29) is 0 Å². The Balaban J connectivity index is 2.39. The van der Waals surface area contributed by atoms with Crippen molar-refractivity contribution in [2.24, 2.45) is 0 Å². The second-order valence-corrected chi connectivity index (χ2v) is 4.95. The molecule has 1 fully saturated rings.